The summed E-state index contributed by atoms with van der Waals surface area (Å²) in [6.07, 6.45) is 1.57. The highest BCUT2D eigenvalue weighted by Gasteiger charge is 2.11. The minimum absolute atomic E-state index is 0.0117. The van der Waals surface area contributed by atoms with E-state index in [1.54, 1.807) is 60.4 Å². The molecule has 0 radical (unpaired) electrons. The molecule has 0 aliphatic carbocycles. The van der Waals surface area contributed by atoms with Crippen molar-refractivity contribution in [1.82, 2.24) is 14.8 Å². The topological polar surface area (TPSA) is 109 Å². The van der Waals surface area contributed by atoms with Crippen LogP contribution in [0.4, 0.5) is 11.4 Å². The Morgan fingerprint density at radius 2 is 1.89 bits per heavy atom. The second-order valence-corrected chi connectivity index (χ2v) is 7.06. The number of carbonyl (C=O) groups excluding carboxylic acids is 2. The fourth-order valence-corrected chi connectivity index (χ4v) is 3.07. The van der Waals surface area contributed by atoms with Crippen molar-refractivity contribution in [2.45, 2.75) is 12.1 Å². The summed E-state index contributed by atoms with van der Waals surface area (Å²) in [6.45, 7) is 1.85. The molecule has 3 aromatic rings. The Bertz CT molecular complexity index is 1000. The van der Waals surface area contributed by atoms with E-state index in [2.05, 4.69) is 20.8 Å². The quantitative estimate of drug-likeness (QED) is 0.436. The number of carbonyl (C=O) groups is 2. The second kappa shape index (κ2) is 8.57. The smallest absolute Gasteiger partial charge is 0.255 e. The predicted molar refractivity (Wildman–Crippen MR) is 108 cm³/mol. The summed E-state index contributed by atoms with van der Waals surface area (Å²) in [7, 11) is 1.81. The highest BCUT2D eigenvalue weighted by molar-refractivity contribution is 7.99. The van der Waals surface area contributed by atoms with Gasteiger partial charge in [0.2, 0.25) is 5.91 Å². The van der Waals surface area contributed by atoms with E-state index in [9.17, 15) is 14.7 Å². The third kappa shape index (κ3) is 4.89. The van der Waals surface area contributed by atoms with E-state index in [0.29, 0.717) is 22.1 Å². The van der Waals surface area contributed by atoms with E-state index in [-0.39, 0.29) is 23.3 Å². The number of phenols is 1. The molecule has 2 amide bonds. The Labute approximate surface area is 166 Å². The van der Waals surface area contributed by atoms with Crippen molar-refractivity contribution in [3.63, 3.8) is 0 Å². The fourth-order valence-electron chi connectivity index (χ4n) is 2.38. The van der Waals surface area contributed by atoms with Crippen LogP contribution in [0.1, 0.15) is 15.9 Å². The van der Waals surface area contributed by atoms with Crippen LogP contribution in [-0.2, 0) is 11.8 Å². The van der Waals surface area contributed by atoms with E-state index in [1.165, 1.54) is 11.8 Å². The average Bonchev–Trinajstić information content (AvgIpc) is 3.08. The maximum absolute atomic E-state index is 12.3. The number of aryl methyl sites for hydroxylation is 2. The summed E-state index contributed by atoms with van der Waals surface area (Å²) in [5.74, 6) is -0.330. The number of nitrogens with one attached hydrogen (secondary N) is 2. The van der Waals surface area contributed by atoms with Crippen LogP contribution >= 0.6 is 11.8 Å². The van der Waals surface area contributed by atoms with Gasteiger partial charge in [0, 0.05) is 18.3 Å². The first-order chi connectivity index (χ1) is 13.4. The Balaban J connectivity index is 1.56. The fraction of sp³-hybridized carbons (Fsp3) is 0.158. The van der Waals surface area contributed by atoms with Gasteiger partial charge in [0.1, 0.15) is 12.1 Å². The highest BCUT2D eigenvalue weighted by Crippen LogP contribution is 2.24. The largest absolute Gasteiger partial charge is 0.506 e. The van der Waals surface area contributed by atoms with Gasteiger partial charge in [-0.2, -0.15) is 0 Å². The van der Waals surface area contributed by atoms with Gasteiger partial charge in [0.15, 0.2) is 5.16 Å². The first-order valence-corrected chi connectivity index (χ1v) is 9.38. The summed E-state index contributed by atoms with van der Waals surface area (Å²) in [5.41, 5.74) is 2.23. The van der Waals surface area contributed by atoms with Crippen LogP contribution in [0.25, 0.3) is 0 Å². The Hall–Kier alpha value is -3.33. The summed E-state index contributed by atoms with van der Waals surface area (Å²) in [4.78, 5) is 24.4. The molecule has 0 atom stereocenters. The number of amides is 2. The molecule has 0 aliphatic heterocycles. The maximum Gasteiger partial charge on any atom is 0.255 e. The predicted octanol–water partition coefficient (Wildman–Crippen LogP) is 2.81. The maximum atomic E-state index is 12.3. The standard InChI is InChI=1S/C19H19N5O3S/c1-12-3-8-15(16(25)9-12)22-18(27)13-4-6-14(7-5-13)21-17(26)10-28-19-23-20-11-24(19)2/h3-9,11,25H,10H2,1-2H3,(H,21,26)(H,22,27). The van der Waals surface area contributed by atoms with Crippen LogP contribution in [0.15, 0.2) is 53.9 Å². The molecule has 144 valence electrons. The van der Waals surface area contributed by atoms with E-state index < -0.39 is 0 Å². The van der Waals surface area contributed by atoms with Gasteiger partial charge in [-0.25, -0.2) is 0 Å². The van der Waals surface area contributed by atoms with Gasteiger partial charge in [-0.3, -0.25) is 9.59 Å². The van der Waals surface area contributed by atoms with Crippen LogP contribution in [0.2, 0.25) is 0 Å². The Morgan fingerprint density at radius 3 is 2.54 bits per heavy atom. The van der Waals surface area contributed by atoms with Gasteiger partial charge >= 0.3 is 0 Å². The Kier molecular flexibility index (Phi) is 5.95. The molecule has 0 aliphatic rings. The normalized spacial score (nSPS) is 10.5. The van der Waals surface area contributed by atoms with Gasteiger partial charge in [-0.05, 0) is 48.9 Å². The van der Waals surface area contributed by atoms with Gasteiger partial charge in [0.25, 0.3) is 5.91 Å². The van der Waals surface area contributed by atoms with Crippen molar-refractivity contribution >= 4 is 35.0 Å². The van der Waals surface area contributed by atoms with Crippen LogP contribution in [-0.4, -0.2) is 37.4 Å². The summed E-state index contributed by atoms with van der Waals surface area (Å²) in [5, 5.41) is 23.6. The number of phenolic OH excluding ortho intramolecular Hbond substituents is 1. The minimum Gasteiger partial charge on any atom is -0.506 e. The van der Waals surface area contributed by atoms with Crippen LogP contribution < -0.4 is 10.6 Å². The third-order valence-corrected chi connectivity index (χ3v) is 4.87. The van der Waals surface area contributed by atoms with Gasteiger partial charge in [-0.15, -0.1) is 10.2 Å². The SMILES string of the molecule is Cc1ccc(NC(=O)c2ccc(NC(=O)CSc3nncn3C)cc2)c(O)c1. The zero-order valence-electron chi connectivity index (χ0n) is 15.3. The lowest BCUT2D eigenvalue weighted by Crippen LogP contribution is -2.15. The molecule has 8 nitrogen and oxygen atoms in total. The lowest BCUT2D eigenvalue weighted by molar-refractivity contribution is -0.113. The van der Waals surface area contributed by atoms with Crippen LogP contribution in [0, 0.1) is 6.92 Å². The molecule has 9 heteroatoms. The van der Waals surface area contributed by atoms with Crippen molar-refractivity contribution in [2.24, 2.45) is 7.05 Å². The molecule has 1 aromatic heterocycles. The number of hydrogen-bond acceptors (Lipinski definition) is 6. The molecule has 0 fully saturated rings. The minimum atomic E-state index is -0.352. The first-order valence-electron chi connectivity index (χ1n) is 8.40. The Morgan fingerprint density at radius 1 is 1.14 bits per heavy atom. The number of anilines is 2. The van der Waals surface area contributed by atoms with E-state index in [4.69, 9.17) is 0 Å². The number of hydrogen-bond donors (Lipinski definition) is 3. The zero-order valence-corrected chi connectivity index (χ0v) is 16.2. The molecule has 0 saturated heterocycles. The molecule has 0 spiro atoms. The molecule has 28 heavy (non-hydrogen) atoms. The third-order valence-electron chi connectivity index (χ3n) is 3.83. The van der Waals surface area contributed by atoms with E-state index >= 15 is 0 Å². The lowest BCUT2D eigenvalue weighted by atomic mass is 10.1. The van der Waals surface area contributed by atoms with Crippen LogP contribution in [0.5, 0.6) is 5.75 Å². The molecule has 0 unspecified atom stereocenters. The lowest BCUT2D eigenvalue weighted by Gasteiger charge is -2.09. The summed E-state index contributed by atoms with van der Waals surface area (Å²) >= 11 is 1.28. The van der Waals surface area contributed by atoms with Gasteiger partial charge < -0.3 is 20.3 Å². The molecule has 3 N–H and O–H groups in total. The molecule has 0 bridgehead atoms. The average molecular weight is 397 g/mol. The molecule has 3 rings (SSSR count). The van der Waals surface area contributed by atoms with Crippen molar-refractivity contribution in [3.8, 4) is 5.75 Å². The number of nitrogens with zero attached hydrogens (tertiary/aromatic N) is 3. The van der Waals surface area contributed by atoms with Gasteiger partial charge in [0.05, 0.1) is 11.4 Å². The van der Waals surface area contributed by atoms with E-state index in [1.807, 2.05) is 6.92 Å². The van der Waals surface area contributed by atoms with Crippen LogP contribution in [0.3, 0.4) is 0 Å². The van der Waals surface area contributed by atoms with Crippen molar-refractivity contribution in [2.75, 3.05) is 16.4 Å². The molecular weight excluding hydrogens is 378 g/mol. The summed E-state index contributed by atoms with van der Waals surface area (Å²) < 4.78 is 1.73. The van der Waals surface area contributed by atoms with Gasteiger partial charge in [-0.1, -0.05) is 17.8 Å². The van der Waals surface area contributed by atoms with E-state index in [0.717, 1.165) is 5.56 Å². The second-order valence-electron chi connectivity index (χ2n) is 6.11. The monoisotopic (exact) mass is 397 g/mol. The van der Waals surface area contributed by atoms with Crippen molar-refractivity contribution < 1.29 is 14.7 Å². The summed E-state index contributed by atoms with van der Waals surface area (Å²) in [6, 6.07) is 11.5. The van der Waals surface area contributed by atoms with Crippen molar-refractivity contribution in [1.29, 1.82) is 0 Å². The number of benzene rings is 2. The molecule has 0 saturated carbocycles. The number of aromatic nitrogens is 3. The highest BCUT2D eigenvalue weighted by atomic mass is 32.2. The van der Waals surface area contributed by atoms with Crippen molar-refractivity contribution in [3.05, 3.63) is 59.9 Å². The molecular formula is C19H19N5O3S. The molecule has 1 heterocycles. The molecule has 2 aromatic carbocycles. The number of rotatable bonds is 6. The first kappa shape index (κ1) is 19.4. The number of thioether (sulfide) groups is 1. The zero-order chi connectivity index (χ0) is 20.1. The number of aromatic hydroxyl groups is 1.